The number of benzene rings is 1. The molecule has 0 spiro atoms. The van der Waals surface area contributed by atoms with E-state index in [0.29, 0.717) is 37.4 Å². The third-order valence-electron chi connectivity index (χ3n) is 3.90. The van der Waals surface area contributed by atoms with Crippen molar-refractivity contribution in [3.05, 3.63) is 41.0 Å². The quantitative estimate of drug-likeness (QED) is 0.472. The normalized spacial score (nSPS) is 18.1. The van der Waals surface area contributed by atoms with Gasteiger partial charge in [-0.05, 0) is 43.5 Å². The Hall–Kier alpha value is -1.86. The summed E-state index contributed by atoms with van der Waals surface area (Å²) in [5.41, 5.74) is 0.369. The number of allylic oxidation sites excluding steroid dienone is 1. The van der Waals surface area contributed by atoms with Gasteiger partial charge in [-0.2, -0.15) is 13.2 Å². The van der Waals surface area contributed by atoms with Gasteiger partial charge in [-0.3, -0.25) is 4.79 Å². The van der Waals surface area contributed by atoms with Crippen molar-refractivity contribution in [2.24, 2.45) is 0 Å². The molecule has 1 saturated heterocycles. The molecule has 0 amide bonds. The molecule has 1 aromatic rings. The molecule has 0 N–H and O–H groups in total. The second kappa shape index (κ2) is 9.19. The van der Waals surface area contributed by atoms with Gasteiger partial charge in [-0.1, -0.05) is 18.2 Å². The maximum atomic E-state index is 13.0. The smallest absolute Gasteiger partial charge is 0.416 e. The van der Waals surface area contributed by atoms with Crippen molar-refractivity contribution in [1.29, 1.82) is 0 Å². The molecular formula is C19H23F3O4. The maximum Gasteiger partial charge on any atom is 0.416 e. The SMILES string of the molecule is CCOC(=O)CC/C=C/c1ccc(C(F)(F)F)cc1[C@@H](C)OC[C@H]1CO1. The molecule has 7 heteroatoms. The first-order chi connectivity index (χ1) is 12.3. The summed E-state index contributed by atoms with van der Waals surface area (Å²) in [6.45, 7) is 4.74. The number of alkyl halides is 3. The van der Waals surface area contributed by atoms with E-state index < -0.39 is 17.8 Å². The van der Waals surface area contributed by atoms with Crippen LogP contribution in [0.2, 0.25) is 0 Å². The number of hydrogen-bond donors (Lipinski definition) is 0. The lowest BCUT2D eigenvalue weighted by Gasteiger charge is -2.18. The molecule has 0 saturated carbocycles. The molecule has 0 radical (unpaired) electrons. The minimum absolute atomic E-state index is 0.0341. The van der Waals surface area contributed by atoms with Gasteiger partial charge in [-0.15, -0.1) is 0 Å². The van der Waals surface area contributed by atoms with E-state index in [2.05, 4.69) is 0 Å². The van der Waals surface area contributed by atoms with E-state index in [-0.39, 0.29) is 18.5 Å². The zero-order valence-corrected chi connectivity index (χ0v) is 14.8. The molecule has 0 aliphatic carbocycles. The average Bonchev–Trinajstić information content (AvgIpc) is 3.40. The highest BCUT2D eigenvalue weighted by Gasteiger charge is 2.31. The summed E-state index contributed by atoms with van der Waals surface area (Å²) in [4.78, 5) is 11.3. The maximum absolute atomic E-state index is 13.0. The van der Waals surface area contributed by atoms with Crippen molar-refractivity contribution in [3.8, 4) is 0 Å². The summed E-state index contributed by atoms with van der Waals surface area (Å²) in [6.07, 6.45) is -0.754. The summed E-state index contributed by atoms with van der Waals surface area (Å²) in [6, 6.07) is 3.58. The Labute approximate surface area is 150 Å². The summed E-state index contributed by atoms with van der Waals surface area (Å²) < 4.78 is 54.6. The van der Waals surface area contributed by atoms with Crippen molar-refractivity contribution in [3.63, 3.8) is 0 Å². The molecule has 1 fully saturated rings. The van der Waals surface area contributed by atoms with E-state index in [1.165, 1.54) is 6.07 Å². The van der Waals surface area contributed by atoms with E-state index in [1.807, 2.05) is 0 Å². The van der Waals surface area contributed by atoms with Crippen LogP contribution in [-0.4, -0.2) is 31.9 Å². The highest BCUT2D eigenvalue weighted by molar-refractivity contribution is 5.69. The van der Waals surface area contributed by atoms with Crippen LogP contribution in [0.3, 0.4) is 0 Å². The van der Waals surface area contributed by atoms with E-state index in [4.69, 9.17) is 14.2 Å². The molecular weight excluding hydrogens is 349 g/mol. The molecule has 0 aromatic heterocycles. The molecule has 1 aromatic carbocycles. The highest BCUT2D eigenvalue weighted by atomic mass is 19.4. The average molecular weight is 372 g/mol. The Bertz CT molecular complexity index is 636. The summed E-state index contributed by atoms with van der Waals surface area (Å²) in [7, 11) is 0. The lowest BCUT2D eigenvalue weighted by atomic mass is 9.99. The molecule has 0 bridgehead atoms. The molecule has 1 aliphatic heterocycles. The van der Waals surface area contributed by atoms with E-state index >= 15 is 0 Å². The molecule has 1 heterocycles. The molecule has 2 rings (SSSR count). The number of carbonyl (C=O) groups is 1. The molecule has 144 valence electrons. The largest absolute Gasteiger partial charge is 0.466 e. The van der Waals surface area contributed by atoms with Crippen LogP contribution in [0.1, 0.15) is 49.5 Å². The fourth-order valence-electron chi connectivity index (χ4n) is 2.41. The standard InChI is InChI=1S/C19H23F3O4/c1-3-24-18(23)7-5-4-6-14-8-9-15(19(20,21)22)10-17(14)13(2)25-11-16-12-26-16/h4,6,8-10,13,16H,3,5,7,11-12H2,1-2H3/b6-4+/t13-,16+/m1/s1. The Morgan fingerprint density at radius 1 is 1.42 bits per heavy atom. The lowest BCUT2D eigenvalue weighted by Crippen LogP contribution is -2.10. The summed E-state index contributed by atoms with van der Waals surface area (Å²) >= 11 is 0. The first-order valence-corrected chi connectivity index (χ1v) is 8.57. The van der Waals surface area contributed by atoms with E-state index in [0.717, 1.165) is 12.1 Å². The van der Waals surface area contributed by atoms with Crippen LogP contribution in [-0.2, 0) is 25.2 Å². The Kier molecular flexibility index (Phi) is 7.23. The van der Waals surface area contributed by atoms with Crippen molar-refractivity contribution in [2.75, 3.05) is 19.8 Å². The van der Waals surface area contributed by atoms with Crippen LogP contribution in [0.4, 0.5) is 13.2 Å². The number of hydrogen-bond acceptors (Lipinski definition) is 4. The van der Waals surface area contributed by atoms with Crippen LogP contribution < -0.4 is 0 Å². The second-order valence-corrected chi connectivity index (χ2v) is 6.02. The molecule has 4 nitrogen and oxygen atoms in total. The Balaban J connectivity index is 2.10. The first kappa shape index (κ1) is 20.5. The Morgan fingerprint density at radius 2 is 2.15 bits per heavy atom. The highest BCUT2D eigenvalue weighted by Crippen LogP contribution is 2.33. The van der Waals surface area contributed by atoms with Gasteiger partial charge in [0.2, 0.25) is 0 Å². The number of ether oxygens (including phenoxy) is 3. The second-order valence-electron chi connectivity index (χ2n) is 6.02. The fraction of sp³-hybridized carbons (Fsp3) is 0.526. The van der Waals surface area contributed by atoms with Gasteiger partial charge in [0.05, 0.1) is 31.5 Å². The first-order valence-electron chi connectivity index (χ1n) is 8.57. The zero-order chi connectivity index (χ0) is 19.2. The third kappa shape index (κ3) is 6.46. The number of carbonyl (C=O) groups excluding carboxylic acids is 1. The van der Waals surface area contributed by atoms with Gasteiger partial charge >= 0.3 is 12.1 Å². The van der Waals surface area contributed by atoms with Crippen molar-refractivity contribution in [2.45, 2.75) is 45.1 Å². The fourth-order valence-corrected chi connectivity index (χ4v) is 2.41. The minimum Gasteiger partial charge on any atom is -0.466 e. The Morgan fingerprint density at radius 3 is 2.77 bits per heavy atom. The van der Waals surface area contributed by atoms with E-state index in [9.17, 15) is 18.0 Å². The molecule has 26 heavy (non-hydrogen) atoms. The zero-order valence-electron chi connectivity index (χ0n) is 14.8. The number of rotatable bonds is 9. The van der Waals surface area contributed by atoms with Gasteiger partial charge < -0.3 is 14.2 Å². The molecule has 1 aliphatic rings. The predicted octanol–water partition coefficient (Wildman–Crippen LogP) is 4.54. The monoisotopic (exact) mass is 372 g/mol. The summed E-state index contributed by atoms with van der Waals surface area (Å²) in [5.74, 6) is -0.300. The van der Waals surface area contributed by atoms with Crippen LogP contribution in [0.15, 0.2) is 24.3 Å². The lowest BCUT2D eigenvalue weighted by molar-refractivity contribution is -0.143. The van der Waals surface area contributed by atoms with Crippen molar-refractivity contribution in [1.82, 2.24) is 0 Å². The summed E-state index contributed by atoms with van der Waals surface area (Å²) in [5, 5.41) is 0. The van der Waals surface area contributed by atoms with E-state index in [1.54, 1.807) is 26.0 Å². The minimum atomic E-state index is -4.42. The van der Waals surface area contributed by atoms with Crippen LogP contribution in [0.25, 0.3) is 6.08 Å². The number of esters is 1. The van der Waals surface area contributed by atoms with Crippen LogP contribution >= 0.6 is 0 Å². The van der Waals surface area contributed by atoms with Crippen molar-refractivity contribution < 1.29 is 32.2 Å². The van der Waals surface area contributed by atoms with Gasteiger partial charge in [-0.25, -0.2) is 0 Å². The topological polar surface area (TPSA) is 48.1 Å². The van der Waals surface area contributed by atoms with Crippen molar-refractivity contribution >= 4 is 12.0 Å². The predicted molar refractivity (Wildman–Crippen MR) is 90.5 cm³/mol. The molecule has 0 unspecified atom stereocenters. The van der Waals surface area contributed by atoms with Gasteiger partial charge in [0.25, 0.3) is 0 Å². The number of halogens is 3. The van der Waals surface area contributed by atoms with Crippen LogP contribution in [0, 0.1) is 0 Å². The van der Waals surface area contributed by atoms with Gasteiger partial charge in [0.1, 0.15) is 6.10 Å². The third-order valence-corrected chi connectivity index (χ3v) is 3.90. The van der Waals surface area contributed by atoms with Crippen LogP contribution in [0.5, 0.6) is 0 Å². The molecule has 2 atom stereocenters. The number of epoxide rings is 1. The van der Waals surface area contributed by atoms with Gasteiger partial charge in [0, 0.05) is 6.42 Å². The van der Waals surface area contributed by atoms with Gasteiger partial charge in [0.15, 0.2) is 0 Å².